The lowest BCUT2D eigenvalue weighted by Gasteiger charge is -2.13. The number of aromatic hydroxyl groups is 1. The standard InChI is InChI=1S/C16H16N6O4S/c1-8-18-9(2)20-16(19-8)21-13-7-11(27(24,25)26)6-10-4-5-12(22-17-3)15(23)14(10)13/h4-7,23H,1-3H3,(H,24,25,26)(H,18,19,20,21). The molecule has 3 N–H and O–H groups in total. The van der Waals surface area contributed by atoms with Crippen LogP contribution < -0.4 is 5.32 Å². The number of phenolic OH excluding ortho intramolecular Hbond substituents is 1. The number of anilines is 2. The van der Waals surface area contributed by atoms with Gasteiger partial charge < -0.3 is 10.4 Å². The first-order valence-corrected chi connectivity index (χ1v) is 9.16. The minimum Gasteiger partial charge on any atom is -0.505 e. The fourth-order valence-corrected chi connectivity index (χ4v) is 3.18. The Morgan fingerprint density at radius 1 is 1.07 bits per heavy atom. The number of hydrogen-bond donors (Lipinski definition) is 3. The summed E-state index contributed by atoms with van der Waals surface area (Å²) in [6.07, 6.45) is 0. The van der Waals surface area contributed by atoms with Crippen LogP contribution in [-0.2, 0) is 10.1 Å². The van der Waals surface area contributed by atoms with Gasteiger partial charge in [-0.25, -0.2) is 4.98 Å². The largest absolute Gasteiger partial charge is 0.505 e. The lowest BCUT2D eigenvalue weighted by atomic mass is 10.1. The Kier molecular flexibility index (Phi) is 4.72. The van der Waals surface area contributed by atoms with Gasteiger partial charge in [0.25, 0.3) is 10.1 Å². The minimum absolute atomic E-state index is 0.163. The second-order valence-corrected chi connectivity index (χ2v) is 7.08. The summed E-state index contributed by atoms with van der Waals surface area (Å²) in [5.41, 5.74) is 0.381. The number of azo groups is 1. The lowest BCUT2D eigenvalue weighted by Crippen LogP contribution is -2.05. The van der Waals surface area contributed by atoms with Gasteiger partial charge in [0.1, 0.15) is 17.3 Å². The second kappa shape index (κ2) is 6.85. The molecule has 0 atom stereocenters. The topological polar surface area (TPSA) is 150 Å². The maximum atomic E-state index is 11.6. The SMILES string of the molecule is CN=Nc1ccc2cc(S(=O)(=O)O)cc(Nc3nc(C)nc(C)n3)c2c1O. The molecular formula is C16H16N6O4S. The van der Waals surface area contributed by atoms with Crippen molar-refractivity contribution in [2.75, 3.05) is 12.4 Å². The van der Waals surface area contributed by atoms with Crippen LogP contribution >= 0.6 is 0 Å². The Morgan fingerprint density at radius 2 is 1.74 bits per heavy atom. The molecule has 10 nitrogen and oxygen atoms in total. The van der Waals surface area contributed by atoms with E-state index in [4.69, 9.17) is 0 Å². The van der Waals surface area contributed by atoms with Gasteiger partial charge in [0.2, 0.25) is 5.95 Å². The molecule has 0 aliphatic heterocycles. The van der Waals surface area contributed by atoms with E-state index in [1.165, 1.54) is 25.2 Å². The molecule has 0 saturated heterocycles. The predicted octanol–water partition coefficient (Wildman–Crippen LogP) is 3.05. The van der Waals surface area contributed by atoms with Crippen LogP contribution in [0.15, 0.2) is 39.4 Å². The summed E-state index contributed by atoms with van der Waals surface area (Å²) >= 11 is 0. The van der Waals surface area contributed by atoms with Gasteiger partial charge in [-0.1, -0.05) is 6.07 Å². The molecule has 2 aromatic carbocycles. The van der Waals surface area contributed by atoms with E-state index >= 15 is 0 Å². The van der Waals surface area contributed by atoms with Crippen molar-refractivity contribution in [3.8, 4) is 5.75 Å². The van der Waals surface area contributed by atoms with Crippen molar-refractivity contribution in [3.05, 3.63) is 35.9 Å². The summed E-state index contributed by atoms with van der Waals surface area (Å²) in [5.74, 6) is 0.885. The predicted molar refractivity (Wildman–Crippen MR) is 98.5 cm³/mol. The maximum absolute atomic E-state index is 11.6. The summed E-state index contributed by atoms with van der Waals surface area (Å²) in [7, 11) is -3.02. The van der Waals surface area contributed by atoms with Gasteiger partial charge >= 0.3 is 0 Å². The maximum Gasteiger partial charge on any atom is 0.294 e. The quantitative estimate of drug-likeness (QED) is 0.456. The molecule has 0 amide bonds. The monoisotopic (exact) mass is 388 g/mol. The number of aromatic nitrogens is 3. The smallest absolute Gasteiger partial charge is 0.294 e. The van der Waals surface area contributed by atoms with Gasteiger partial charge in [0.15, 0.2) is 5.75 Å². The van der Waals surface area contributed by atoms with Crippen LogP contribution in [0, 0.1) is 13.8 Å². The molecule has 0 fully saturated rings. The highest BCUT2D eigenvalue weighted by Gasteiger charge is 2.18. The molecule has 0 aliphatic carbocycles. The third kappa shape index (κ3) is 3.83. The van der Waals surface area contributed by atoms with Crippen molar-refractivity contribution in [3.63, 3.8) is 0 Å². The van der Waals surface area contributed by atoms with Gasteiger partial charge in [0.05, 0.1) is 10.6 Å². The molecule has 3 aromatic rings. The van der Waals surface area contributed by atoms with Gasteiger partial charge in [-0.3, -0.25) is 4.55 Å². The molecule has 0 aliphatic rings. The number of benzene rings is 2. The molecule has 0 spiro atoms. The number of phenols is 1. The summed E-state index contributed by atoms with van der Waals surface area (Å²) in [6, 6.07) is 5.47. The van der Waals surface area contributed by atoms with Crippen LogP contribution in [0.3, 0.4) is 0 Å². The Labute approximate surface area is 154 Å². The molecule has 0 bridgehead atoms. The van der Waals surface area contributed by atoms with E-state index in [-0.39, 0.29) is 33.4 Å². The van der Waals surface area contributed by atoms with Crippen molar-refractivity contribution in [1.29, 1.82) is 0 Å². The third-order valence-corrected chi connectivity index (χ3v) is 4.49. The molecule has 140 valence electrons. The van der Waals surface area contributed by atoms with Crippen molar-refractivity contribution in [2.24, 2.45) is 10.2 Å². The summed E-state index contributed by atoms with van der Waals surface area (Å²) < 4.78 is 32.7. The Bertz CT molecular complexity index is 1160. The molecule has 0 saturated carbocycles. The van der Waals surface area contributed by atoms with Gasteiger partial charge in [-0.05, 0) is 37.4 Å². The van der Waals surface area contributed by atoms with E-state index in [9.17, 15) is 18.1 Å². The van der Waals surface area contributed by atoms with Crippen LogP contribution in [0.4, 0.5) is 17.3 Å². The van der Waals surface area contributed by atoms with E-state index in [0.29, 0.717) is 17.0 Å². The number of fused-ring (bicyclic) bond motifs is 1. The highest BCUT2D eigenvalue weighted by Crippen LogP contribution is 2.41. The van der Waals surface area contributed by atoms with E-state index in [0.717, 1.165) is 0 Å². The van der Waals surface area contributed by atoms with Crippen LogP contribution in [0.1, 0.15) is 11.6 Å². The molecule has 0 unspecified atom stereocenters. The number of nitrogens with zero attached hydrogens (tertiary/aromatic N) is 5. The minimum atomic E-state index is -4.48. The summed E-state index contributed by atoms with van der Waals surface area (Å²) in [4.78, 5) is 12.0. The fraction of sp³-hybridized carbons (Fsp3) is 0.188. The average Bonchev–Trinajstić information content (AvgIpc) is 2.55. The first-order chi connectivity index (χ1) is 12.7. The van der Waals surface area contributed by atoms with Crippen LogP contribution in [0.2, 0.25) is 0 Å². The van der Waals surface area contributed by atoms with Crippen LogP contribution in [-0.4, -0.2) is 40.1 Å². The van der Waals surface area contributed by atoms with Crippen molar-refractivity contribution in [2.45, 2.75) is 18.7 Å². The van der Waals surface area contributed by atoms with E-state index in [1.54, 1.807) is 19.9 Å². The molecule has 3 rings (SSSR count). The van der Waals surface area contributed by atoms with Crippen LogP contribution in [0.25, 0.3) is 10.8 Å². The van der Waals surface area contributed by atoms with Crippen LogP contribution in [0.5, 0.6) is 5.75 Å². The van der Waals surface area contributed by atoms with E-state index in [1.807, 2.05) is 0 Å². The Balaban J connectivity index is 2.30. The number of aryl methyl sites for hydroxylation is 2. The molecule has 27 heavy (non-hydrogen) atoms. The van der Waals surface area contributed by atoms with Gasteiger partial charge in [-0.15, -0.1) is 0 Å². The summed E-state index contributed by atoms with van der Waals surface area (Å²) in [5, 5.41) is 21.6. The lowest BCUT2D eigenvalue weighted by molar-refractivity contribution is 0.480. The first-order valence-electron chi connectivity index (χ1n) is 7.72. The van der Waals surface area contributed by atoms with Gasteiger partial charge in [0, 0.05) is 12.4 Å². The number of hydrogen-bond acceptors (Lipinski definition) is 9. The normalized spacial score (nSPS) is 12.0. The van der Waals surface area contributed by atoms with Crippen molar-refractivity contribution < 1.29 is 18.1 Å². The molecule has 1 aromatic heterocycles. The number of rotatable bonds is 4. The molecule has 11 heteroatoms. The third-order valence-electron chi connectivity index (χ3n) is 3.65. The zero-order valence-electron chi connectivity index (χ0n) is 14.7. The molecule has 0 radical (unpaired) electrons. The fourth-order valence-electron chi connectivity index (χ4n) is 2.64. The highest BCUT2D eigenvalue weighted by atomic mass is 32.2. The van der Waals surface area contributed by atoms with Crippen molar-refractivity contribution >= 4 is 38.2 Å². The molecular weight excluding hydrogens is 372 g/mol. The zero-order valence-corrected chi connectivity index (χ0v) is 15.5. The number of nitrogens with one attached hydrogen (secondary N) is 1. The second-order valence-electron chi connectivity index (χ2n) is 5.66. The average molecular weight is 388 g/mol. The van der Waals surface area contributed by atoms with E-state index in [2.05, 4.69) is 30.5 Å². The van der Waals surface area contributed by atoms with Gasteiger partial charge in [-0.2, -0.15) is 28.6 Å². The Hall–Kier alpha value is -3.18. The summed E-state index contributed by atoms with van der Waals surface area (Å²) in [6.45, 7) is 3.37. The highest BCUT2D eigenvalue weighted by molar-refractivity contribution is 7.85. The molecule has 1 heterocycles. The zero-order chi connectivity index (χ0) is 19.8. The first kappa shape index (κ1) is 18.6. The van der Waals surface area contributed by atoms with E-state index < -0.39 is 10.1 Å². The Morgan fingerprint density at radius 3 is 2.33 bits per heavy atom. The van der Waals surface area contributed by atoms with Crippen molar-refractivity contribution in [1.82, 2.24) is 15.0 Å².